The predicted octanol–water partition coefficient (Wildman–Crippen LogP) is 6.87. The molecular weight excluding hydrogens is 1050 g/mol. The van der Waals surface area contributed by atoms with Crippen molar-refractivity contribution in [2.45, 2.75) is 95.6 Å². The summed E-state index contributed by atoms with van der Waals surface area (Å²) >= 11 is 1.96. The summed E-state index contributed by atoms with van der Waals surface area (Å²) in [6.07, 6.45) is 12.4. The monoisotopic (exact) mass is 1120 g/mol. The molecule has 1 unspecified atom stereocenters. The Morgan fingerprint density at radius 1 is 0.850 bits per heavy atom. The number of ketones is 1. The molecule has 8 rings (SSSR count). The van der Waals surface area contributed by atoms with Crippen LogP contribution in [0.3, 0.4) is 0 Å². The lowest BCUT2D eigenvalue weighted by molar-refractivity contribution is -0.193. The van der Waals surface area contributed by atoms with Crippen LogP contribution in [0.2, 0.25) is 0 Å². The minimum absolute atomic E-state index is 0.0811. The van der Waals surface area contributed by atoms with E-state index in [1.54, 1.807) is 12.1 Å². The van der Waals surface area contributed by atoms with Gasteiger partial charge in [-0.2, -0.15) is 30.9 Å². The molecule has 2 saturated heterocycles. The number of rotatable bonds is 30. The van der Waals surface area contributed by atoms with Gasteiger partial charge in [0.2, 0.25) is 11.8 Å². The van der Waals surface area contributed by atoms with Crippen molar-refractivity contribution in [2.75, 3.05) is 78.2 Å². The number of hydrogen-bond donors (Lipinski definition) is 4. The van der Waals surface area contributed by atoms with Gasteiger partial charge in [0.25, 0.3) is 5.91 Å². The molecule has 1 aromatic heterocycles. The number of aromatic nitrogens is 1. The quantitative estimate of drug-likeness (QED) is 0.0236. The second kappa shape index (κ2) is 32.1. The number of carbonyl (C=O) groups is 4. The molecule has 20 heteroatoms. The molecule has 4 atom stereocenters. The molecule has 2 fully saturated rings. The highest BCUT2D eigenvalue weighted by atomic mass is 32.2. The van der Waals surface area contributed by atoms with Crippen LogP contribution in [0.15, 0.2) is 96.7 Å². The minimum Gasteiger partial charge on any atom is -0.488 e. The van der Waals surface area contributed by atoms with Crippen LogP contribution in [-0.2, 0) is 66.3 Å². The SMILES string of the molecule is C=CCOc1c(C(=O)C2=CN3CCc4c([nH]c5ccc(OCC(=O)NCCCOCCOCCOCCCNC(=O)CCCC[C@@H]6SC[C@@H]7NC(=O)C[C@@H]76)cc45)C3(C)C(C)=C2)ccc(OCc2ccccc2)c1C.O=C=O.O=C=O. The van der Waals surface area contributed by atoms with Crippen molar-refractivity contribution in [1.82, 2.24) is 25.8 Å². The minimum atomic E-state index is -0.515. The Hall–Kier alpha value is -7.31. The molecule has 0 spiro atoms. The standard InChI is InChI=1S/C58H73N5O10S.2CO2/c1-5-25-71-56-40(3)50(73-36-41-13-7-6-8-14-41)20-18-45(56)55(67)42-32-39(2)58(4)57-44(21-24-63(58)35-42)46-33-43(17-19-48(46)62-57)72-37-54(66)60-23-12-27-69-29-31-70-30-28-68-26-11-22-59-52(64)16-10-9-15-51-47-34-53(65)61-49(47)38-74-51;2*2-1-3/h5-8,13-14,17-20,32-33,35,47,49,51,62H,1,9-12,15-16,21-31,34,36-38H2,2-4H3,(H,59,64)(H,60,66)(H,61,65);;/t47-,49-,51-,58?;;/m0../s1. The van der Waals surface area contributed by atoms with Crippen LogP contribution >= 0.6 is 11.8 Å². The molecule has 5 heterocycles. The summed E-state index contributed by atoms with van der Waals surface area (Å²) in [4.78, 5) is 89.4. The summed E-state index contributed by atoms with van der Waals surface area (Å²) in [5, 5.41) is 10.5. The molecule has 0 saturated carbocycles. The molecule has 428 valence electrons. The molecule has 0 radical (unpaired) electrons. The maximum atomic E-state index is 14.4. The largest absolute Gasteiger partial charge is 0.488 e. The number of H-pyrrole nitrogens is 1. The molecule has 19 nitrogen and oxygen atoms in total. The average molecular weight is 1120 g/mol. The molecule has 0 bridgehead atoms. The number of nitrogens with one attached hydrogen (secondary N) is 4. The molecule has 4 N–H and O–H groups in total. The van der Waals surface area contributed by atoms with E-state index in [9.17, 15) is 19.2 Å². The lowest BCUT2D eigenvalue weighted by Crippen LogP contribution is -2.48. The maximum Gasteiger partial charge on any atom is 0.373 e. The highest BCUT2D eigenvalue weighted by Crippen LogP contribution is 2.47. The van der Waals surface area contributed by atoms with Crippen molar-refractivity contribution < 1.29 is 66.8 Å². The Labute approximate surface area is 470 Å². The number of allylic oxidation sites excluding steroid dienone is 2. The second-order valence-electron chi connectivity index (χ2n) is 19.7. The van der Waals surface area contributed by atoms with E-state index in [1.807, 2.05) is 85.6 Å². The summed E-state index contributed by atoms with van der Waals surface area (Å²) in [5.41, 5.74) is 6.61. The van der Waals surface area contributed by atoms with Gasteiger partial charge in [-0.25, -0.2) is 0 Å². The van der Waals surface area contributed by atoms with Crippen molar-refractivity contribution >= 4 is 58.5 Å². The van der Waals surface area contributed by atoms with Crippen LogP contribution in [-0.4, -0.2) is 135 Å². The van der Waals surface area contributed by atoms with Crippen LogP contribution < -0.4 is 30.2 Å². The van der Waals surface area contributed by atoms with E-state index < -0.39 is 5.54 Å². The first kappa shape index (κ1) is 61.9. The Morgan fingerprint density at radius 2 is 1.54 bits per heavy atom. The van der Waals surface area contributed by atoms with Crippen LogP contribution in [0.25, 0.3) is 10.9 Å². The highest BCUT2D eigenvalue weighted by molar-refractivity contribution is 8.00. The number of nitrogens with zero attached hydrogens (tertiary/aromatic N) is 1. The normalized spacial score (nSPS) is 18.4. The average Bonchev–Trinajstić information content (AvgIpc) is 4.15. The summed E-state index contributed by atoms with van der Waals surface area (Å²) in [6, 6.07) is 19.8. The molecular formula is C60H73N5O14S. The third kappa shape index (κ3) is 17.1. The van der Waals surface area contributed by atoms with E-state index in [0.717, 1.165) is 71.2 Å². The molecule has 4 aliphatic heterocycles. The van der Waals surface area contributed by atoms with Crippen LogP contribution in [0.4, 0.5) is 0 Å². The topological polar surface area (TPSA) is 247 Å². The molecule has 3 amide bonds. The number of thioether (sulfide) groups is 1. The number of hydrogen-bond acceptors (Lipinski definition) is 16. The van der Waals surface area contributed by atoms with E-state index in [1.165, 1.54) is 5.56 Å². The summed E-state index contributed by atoms with van der Waals surface area (Å²) in [6.45, 7) is 15.2. The molecule has 80 heavy (non-hydrogen) atoms. The summed E-state index contributed by atoms with van der Waals surface area (Å²) in [5.74, 6) is 3.16. The van der Waals surface area contributed by atoms with Crippen LogP contribution in [0.1, 0.15) is 91.5 Å². The van der Waals surface area contributed by atoms with Gasteiger partial charge in [-0.3, -0.25) is 19.2 Å². The molecule has 3 aromatic carbocycles. The van der Waals surface area contributed by atoms with Crippen molar-refractivity contribution in [3.05, 3.63) is 125 Å². The van der Waals surface area contributed by atoms with E-state index in [4.69, 9.17) is 47.6 Å². The lowest BCUT2D eigenvalue weighted by Gasteiger charge is -2.47. The highest BCUT2D eigenvalue weighted by Gasteiger charge is 2.44. The van der Waals surface area contributed by atoms with Gasteiger partial charge in [-0.1, -0.05) is 49.4 Å². The van der Waals surface area contributed by atoms with Gasteiger partial charge in [-0.05, 0) is 106 Å². The first-order chi connectivity index (χ1) is 38.9. The molecule has 4 aliphatic rings. The fourth-order valence-corrected chi connectivity index (χ4v) is 12.0. The second-order valence-corrected chi connectivity index (χ2v) is 21.0. The Kier molecular flexibility index (Phi) is 24.8. The van der Waals surface area contributed by atoms with Gasteiger partial charge in [0, 0.05) is 103 Å². The van der Waals surface area contributed by atoms with Crippen LogP contribution in [0, 0.1) is 12.8 Å². The van der Waals surface area contributed by atoms with Crippen molar-refractivity contribution in [2.24, 2.45) is 5.92 Å². The number of fused-ring (bicyclic) bond motifs is 6. The van der Waals surface area contributed by atoms with Gasteiger partial charge < -0.3 is 54.3 Å². The Bertz CT molecular complexity index is 2860. The lowest BCUT2D eigenvalue weighted by atomic mass is 9.78. The van der Waals surface area contributed by atoms with Crippen molar-refractivity contribution in [3.63, 3.8) is 0 Å². The number of amides is 3. The van der Waals surface area contributed by atoms with Crippen molar-refractivity contribution in [3.8, 4) is 17.2 Å². The predicted molar refractivity (Wildman–Crippen MR) is 298 cm³/mol. The van der Waals surface area contributed by atoms with E-state index in [-0.39, 0.29) is 49.0 Å². The van der Waals surface area contributed by atoms with E-state index >= 15 is 0 Å². The summed E-state index contributed by atoms with van der Waals surface area (Å²) in [7, 11) is 0. The molecule has 4 aromatic rings. The fraction of sp³-hybridized carbons (Fsp3) is 0.467. The van der Waals surface area contributed by atoms with Gasteiger partial charge >= 0.3 is 12.3 Å². The van der Waals surface area contributed by atoms with E-state index in [0.29, 0.717) is 131 Å². The fourth-order valence-electron chi connectivity index (χ4n) is 10.3. The van der Waals surface area contributed by atoms with Gasteiger partial charge in [0.05, 0.1) is 37.5 Å². The number of aromatic amines is 1. The van der Waals surface area contributed by atoms with Gasteiger partial charge in [0.15, 0.2) is 12.4 Å². The van der Waals surface area contributed by atoms with Gasteiger partial charge in [-0.15, -0.1) is 0 Å². The summed E-state index contributed by atoms with van der Waals surface area (Å²) < 4.78 is 35.2. The number of Topliss-reactive ketones (excluding diaryl/α,β-unsaturated/α-hetero) is 1. The zero-order valence-corrected chi connectivity index (χ0v) is 46.7. The molecule has 0 aliphatic carbocycles. The van der Waals surface area contributed by atoms with Crippen LogP contribution in [0.5, 0.6) is 17.2 Å². The zero-order valence-electron chi connectivity index (χ0n) is 45.9. The Balaban J connectivity index is 0.00000165. The number of unbranched alkanes of at least 4 members (excludes halogenated alkanes) is 1. The third-order valence-corrected chi connectivity index (χ3v) is 16.1. The zero-order chi connectivity index (χ0) is 57.3. The third-order valence-electron chi connectivity index (χ3n) is 14.5. The number of benzene rings is 3. The smallest absolute Gasteiger partial charge is 0.373 e. The Morgan fingerprint density at radius 3 is 2.24 bits per heavy atom. The number of ether oxygens (including phenoxy) is 6. The first-order valence-electron chi connectivity index (χ1n) is 27.1. The first-order valence-corrected chi connectivity index (χ1v) is 28.1. The van der Waals surface area contributed by atoms with E-state index in [2.05, 4.69) is 46.3 Å². The van der Waals surface area contributed by atoms with Crippen molar-refractivity contribution in [1.29, 1.82) is 0 Å². The maximum absolute atomic E-state index is 14.4. The number of carbonyl (C=O) groups excluding carboxylic acids is 8. The van der Waals surface area contributed by atoms with Gasteiger partial charge in [0.1, 0.15) is 30.5 Å².